The van der Waals surface area contributed by atoms with E-state index in [1.807, 2.05) is 9.80 Å². The summed E-state index contributed by atoms with van der Waals surface area (Å²) in [5.74, 6) is 0.389. The zero-order valence-electron chi connectivity index (χ0n) is 22.8. The molecule has 4 atom stereocenters. The molecular formula is C24H52CaN4O4S2-2. The van der Waals surface area contributed by atoms with Gasteiger partial charge in [-0.15, -0.1) is 11.8 Å². The van der Waals surface area contributed by atoms with Crippen LogP contribution in [0.5, 0.6) is 0 Å². The summed E-state index contributed by atoms with van der Waals surface area (Å²) >= 11 is 6.91. The van der Waals surface area contributed by atoms with E-state index in [1.54, 1.807) is 0 Å². The molecule has 0 aromatic rings. The molecule has 2 N–H and O–H groups in total. The van der Waals surface area contributed by atoms with E-state index in [0.29, 0.717) is 0 Å². The fraction of sp³-hybridized carbons (Fsp3) is 1.00. The van der Waals surface area contributed by atoms with Crippen LogP contribution in [0.4, 0.5) is 0 Å². The SMILES string of the molecule is CCCN(CCC)C([O-])COC1CCCCC1OCC([O-])N(CCC)CCC.[Ca+2].[NH-]CS.[NH-]CS. The van der Waals surface area contributed by atoms with Crippen molar-refractivity contribution in [3.8, 4) is 0 Å². The van der Waals surface area contributed by atoms with Gasteiger partial charge in [0.25, 0.3) is 0 Å². The van der Waals surface area contributed by atoms with Crippen molar-refractivity contribution in [3.63, 3.8) is 0 Å². The maximum Gasteiger partial charge on any atom is 2.00 e. The van der Waals surface area contributed by atoms with Gasteiger partial charge in [0.05, 0.1) is 12.2 Å². The Balaban J connectivity index is -0.00000132. The number of nitrogens with zero attached hydrogens (tertiary/aromatic N) is 2. The van der Waals surface area contributed by atoms with Crippen LogP contribution in [-0.4, -0.2) is 123 Å². The Kier molecular flexibility index (Phi) is 35.5. The van der Waals surface area contributed by atoms with E-state index in [-0.39, 0.29) is 74.9 Å². The molecule has 0 aliphatic heterocycles. The van der Waals surface area contributed by atoms with Gasteiger partial charge in [0.15, 0.2) is 0 Å². The molecule has 1 fully saturated rings. The Morgan fingerprint density at radius 1 is 0.714 bits per heavy atom. The quantitative estimate of drug-likeness (QED) is 0.168. The van der Waals surface area contributed by atoms with Crippen molar-refractivity contribution in [1.29, 1.82) is 0 Å². The number of nitrogens with one attached hydrogen (secondary N) is 2. The van der Waals surface area contributed by atoms with Gasteiger partial charge < -0.3 is 41.0 Å². The van der Waals surface area contributed by atoms with E-state index >= 15 is 0 Å². The van der Waals surface area contributed by atoms with Crippen LogP contribution in [0, 0.1) is 0 Å². The molecule has 11 heteroatoms. The summed E-state index contributed by atoms with van der Waals surface area (Å²) in [7, 11) is 0. The molecule has 0 spiro atoms. The Labute approximate surface area is 257 Å². The first-order valence-electron chi connectivity index (χ1n) is 12.9. The minimum Gasteiger partial charge on any atom is -0.839 e. The van der Waals surface area contributed by atoms with Gasteiger partial charge in [-0.3, -0.25) is 0 Å². The van der Waals surface area contributed by atoms with Crippen molar-refractivity contribution in [2.24, 2.45) is 0 Å². The molecule has 35 heavy (non-hydrogen) atoms. The van der Waals surface area contributed by atoms with Gasteiger partial charge in [-0.25, -0.2) is 25.3 Å². The smallest absolute Gasteiger partial charge is 0.839 e. The summed E-state index contributed by atoms with van der Waals surface area (Å²) in [5, 5.41) is 25.1. The van der Waals surface area contributed by atoms with Gasteiger partial charge in [-0.2, -0.15) is 0 Å². The molecular weight excluding hydrogens is 513 g/mol. The van der Waals surface area contributed by atoms with Gasteiger partial charge in [0.1, 0.15) is 0 Å². The van der Waals surface area contributed by atoms with Gasteiger partial charge in [0, 0.05) is 13.2 Å². The second kappa shape index (κ2) is 30.2. The number of hydrogen-bond acceptors (Lipinski definition) is 8. The largest absolute Gasteiger partial charge is 2.00 e. The molecule has 0 radical (unpaired) electrons. The van der Waals surface area contributed by atoms with Crippen molar-refractivity contribution >= 4 is 63.0 Å². The molecule has 1 aliphatic rings. The maximum absolute atomic E-state index is 12.6. The zero-order valence-corrected chi connectivity index (χ0v) is 26.7. The fourth-order valence-corrected chi connectivity index (χ4v) is 4.02. The molecule has 0 amide bonds. The zero-order chi connectivity index (χ0) is 26.2. The van der Waals surface area contributed by atoms with E-state index in [0.717, 1.165) is 77.5 Å². The summed E-state index contributed by atoms with van der Waals surface area (Å²) in [6, 6.07) is 0. The molecule has 208 valence electrons. The second-order valence-electron chi connectivity index (χ2n) is 8.33. The standard InChI is InChI=1S/C22H44N2O4.2CH4NS.Ca/c1-5-13-23(14-6-2)21(25)17-27-19-11-9-10-12-20(19)28-18-22(26)24(15-7-3)16-8-4;2*2-1-3;/h19-22H,5-18H2,1-4H3;2*2-3H,1H2;/q-2;2*-1;+2. The molecule has 1 rings (SSSR count). The first-order valence-corrected chi connectivity index (χ1v) is 14.2. The van der Waals surface area contributed by atoms with Crippen molar-refractivity contribution in [2.75, 3.05) is 51.1 Å². The summed E-state index contributed by atoms with van der Waals surface area (Å²) in [6.45, 7) is 12.1. The first-order chi connectivity index (χ1) is 16.4. The molecule has 0 bridgehead atoms. The molecule has 4 unspecified atom stereocenters. The molecule has 0 aromatic carbocycles. The Bertz CT molecular complexity index is 376. The van der Waals surface area contributed by atoms with Gasteiger partial charge >= 0.3 is 37.7 Å². The van der Waals surface area contributed by atoms with E-state index in [1.165, 1.54) is 0 Å². The molecule has 0 heterocycles. The van der Waals surface area contributed by atoms with Crippen LogP contribution < -0.4 is 10.2 Å². The van der Waals surface area contributed by atoms with Crippen molar-refractivity contribution < 1.29 is 19.7 Å². The Hall–Kier alpha value is 1.64. The van der Waals surface area contributed by atoms with E-state index in [2.05, 4.69) is 53.0 Å². The van der Waals surface area contributed by atoms with E-state index in [9.17, 15) is 10.2 Å². The van der Waals surface area contributed by atoms with Crippen LogP contribution in [0.1, 0.15) is 79.1 Å². The fourth-order valence-electron chi connectivity index (χ4n) is 4.02. The summed E-state index contributed by atoms with van der Waals surface area (Å²) in [4.78, 5) is 3.94. The number of thiol groups is 2. The van der Waals surface area contributed by atoms with Crippen LogP contribution in [0.15, 0.2) is 0 Å². The minimum absolute atomic E-state index is 0. The van der Waals surface area contributed by atoms with Crippen LogP contribution in [0.25, 0.3) is 11.5 Å². The second-order valence-corrected chi connectivity index (χ2v) is 8.96. The summed E-state index contributed by atoms with van der Waals surface area (Å²) in [6.07, 6.45) is 6.16. The van der Waals surface area contributed by atoms with Crippen molar-refractivity contribution in [1.82, 2.24) is 9.80 Å². The van der Waals surface area contributed by atoms with Crippen molar-refractivity contribution in [2.45, 2.75) is 104 Å². The maximum atomic E-state index is 12.6. The van der Waals surface area contributed by atoms with Crippen LogP contribution in [0.2, 0.25) is 0 Å². The molecule has 8 nitrogen and oxygen atoms in total. The van der Waals surface area contributed by atoms with Crippen LogP contribution >= 0.6 is 25.3 Å². The van der Waals surface area contributed by atoms with Crippen LogP contribution in [-0.2, 0) is 9.47 Å². The summed E-state index contributed by atoms with van der Waals surface area (Å²) in [5.41, 5.74) is 12.1. The Morgan fingerprint density at radius 2 is 0.971 bits per heavy atom. The van der Waals surface area contributed by atoms with E-state index in [4.69, 9.17) is 20.9 Å². The predicted molar refractivity (Wildman–Crippen MR) is 152 cm³/mol. The molecule has 1 saturated carbocycles. The van der Waals surface area contributed by atoms with Gasteiger partial charge in [-0.05, 0) is 77.2 Å². The van der Waals surface area contributed by atoms with Crippen LogP contribution in [0.3, 0.4) is 0 Å². The summed E-state index contributed by atoms with van der Waals surface area (Å²) < 4.78 is 12.0. The van der Waals surface area contributed by atoms with E-state index < -0.39 is 12.5 Å². The third-order valence-corrected chi connectivity index (χ3v) is 5.41. The molecule has 0 aromatic heterocycles. The van der Waals surface area contributed by atoms with Gasteiger partial charge in [-0.1, -0.05) is 40.5 Å². The number of ether oxygens (including phenoxy) is 2. The third-order valence-electron chi connectivity index (χ3n) is 5.41. The number of hydrogen-bond donors (Lipinski definition) is 2. The average molecular weight is 565 g/mol. The predicted octanol–water partition coefficient (Wildman–Crippen LogP) is 3.42. The van der Waals surface area contributed by atoms with Gasteiger partial charge in [0.2, 0.25) is 0 Å². The third kappa shape index (κ3) is 22.2. The monoisotopic (exact) mass is 564 g/mol. The molecule has 1 aliphatic carbocycles. The number of rotatable bonds is 16. The average Bonchev–Trinajstić information content (AvgIpc) is 2.82. The first kappa shape index (κ1) is 41.1. The minimum atomic E-state index is -0.820. The normalized spacial score (nSPS) is 19.2. The molecule has 0 saturated heterocycles. The van der Waals surface area contributed by atoms with Crippen molar-refractivity contribution in [3.05, 3.63) is 11.5 Å². The Morgan fingerprint density at radius 3 is 1.20 bits per heavy atom. The topological polar surface area (TPSA) is 119 Å².